The van der Waals surface area contributed by atoms with Gasteiger partial charge in [-0.15, -0.1) is 0 Å². The third-order valence-electron chi connectivity index (χ3n) is 0.832. The van der Waals surface area contributed by atoms with Gasteiger partial charge in [-0.25, -0.2) is 0 Å². The second-order valence-corrected chi connectivity index (χ2v) is 1.77. The van der Waals surface area contributed by atoms with E-state index in [-0.39, 0.29) is 5.78 Å². The summed E-state index contributed by atoms with van der Waals surface area (Å²) in [5.41, 5.74) is 0. The van der Waals surface area contributed by atoms with Gasteiger partial charge in [-0.3, -0.25) is 4.79 Å². The molecule has 0 saturated carbocycles. The van der Waals surface area contributed by atoms with E-state index in [9.17, 15) is 4.79 Å². The minimum atomic E-state index is 0.0451. The predicted octanol–water partition coefficient (Wildman–Crippen LogP) is 1.16. The monoisotopic (exact) mass is 125 g/mol. The zero-order valence-corrected chi connectivity index (χ0v) is 5.79. The van der Waals surface area contributed by atoms with Gasteiger partial charge in [0.15, 0.2) is 5.78 Å². The van der Waals surface area contributed by atoms with Crippen LogP contribution in [-0.2, 0) is 4.79 Å². The molecule has 9 heavy (non-hydrogen) atoms. The number of nitrogens with zero attached hydrogens (tertiary/aromatic N) is 1. The largest absolute Gasteiger partial charge is 0.358 e. The molecule has 0 aromatic carbocycles. The molecule has 0 aliphatic rings. The maximum Gasteiger partial charge on any atom is 0.154 e. The van der Waals surface area contributed by atoms with E-state index in [0.717, 1.165) is 0 Å². The van der Waals surface area contributed by atoms with Crippen LogP contribution >= 0.6 is 0 Å². The van der Waals surface area contributed by atoms with E-state index in [0.29, 0.717) is 0 Å². The minimum absolute atomic E-state index is 0.0451. The Morgan fingerprint density at radius 2 is 2.22 bits per heavy atom. The third-order valence-corrected chi connectivity index (χ3v) is 0.832. The van der Waals surface area contributed by atoms with Crippen molar-refractivity contribution in [3.8, 4) is 0 Å². The average Bonchev–Trinajstić information content (AvgIpc) is 1.83. The van der Waals surface area contributed by atoms with Gasteiger partial charge < -0.3 is 4.90 Å². The van der Waals surface area contributed by atoms with Crippen molar-refractivity contribution in [2.45, 2.75) is 6.92 Å². The Bertz CT molecular complexity index is 138. The summed E-state index contributed by atoms with van der Waals surface area (Å²) in [7, 11) is 1.81. The van der Waals surface area contributed by atoms with Gasteiger partial charge in [-0.1, -0.05) is 6.58 Å². The van der Waals surface area contributed by atoms with Gasteiger partial charge in [0.2, 0.25) is 0 Å². The fourth-order valence-electron chi connectivity index (χ4n) is 0.283. The highest BCUT2D eigenvalue weighted by Crippen LogP contribution is 1.83. The van der Waals surface area contributed by atoms with Crippen LogP contribution in [-0.4, -0.2) is 17.7 Å². The Morgan fingerprint density at radius 1 is 1.67 bits per heavy atom. The molecule has 2 heteroatoms. The van der Waals surface area contributed by atoms with Gasteiger partial charge in [0.25, 0.3) is 0 Å². The van der Waals surface area contributed by atoms with E-state index in [4.69, 9.17) is 0 Å². The highest BCUT2D eigenvalue weighted by atomic mass is 16.1. The van der Waals surface area contributed by atoms with E-state index in [1.807, 2.05) is 7.05 Å². The molecule has 0 saturated heterocycles. The van der Waals surface area contributed by atoms with Crippen LogP contribution in [0.2, 0.25) is 0 Å². The standard InChI is InChI=1S/C7H11NO/c1-4-8(3)6-5-7(2)9/h4-6H,1H2,2-3H3/b6-5-. The summed E-state index contributed by atoms with van der Waals surface area (Å²) in [6, 6.07) is 0. The van der Waals surface area contributed by atoms with E-state index in [1.54, 1.807) is 17.3 Å². The zero-order chi connectivity index (χ0) is 7.28. The first-order valence-corrected chi connectivity index (χ1v) is 2.70. The van der Waals surface area contributed by atoms with E-state index in [2.05, 4.69) is 6.58 Å². The lowest BCUT2D eigenvalue weighted by atomic mass is 10.4. The summed E-state index contributed by atoms with van der Waals surface area (Å²) in [4.78, 5) is 12.0. The van der Waals surface area contributed by atoms with Crippen LogP contribution in [0.3, 0.4) is 0 Å². The molecule has 0 aliphatic heterocycles. The van der Waals surface area contributed by atoms with Gasteiger partial charge >= 0.3 is 0 Å². The van der Waals surface area contributed by atoms with Crippen LogP contribution in [0, 0.1) is 0 Å². The van der Waals surface area contributed by atoms with E-state index < -0.39 is 0 Å². The molecule has 0 spiro atoms. The van der Waals surface area contributed by atoms with E-state index >= 15 is 0 Å². The van der Waals surface area contributed by atoms with Gasteiger partial charge in [-0.05, 0) is 19.2 Å². The van der Waals surface area contributed by atoms with Crippen molar-refractivity contribution in [2.75, 3.05) is 7.05 Å². The molecule has 0 aliphatic carbocycles. The van der Waals surface area contributed by atoms with Gasteiger partial charge in [0, 0.05) is 13.2 Å². The van der Waals surface area contributed by atoms with Crippen molar-refractivity contribution in [1.82, 2.24) is 4.90 Å². The number of ketones is 1. The molecule has 0 fully saturated rings. The highest BCUT2D eigenvalue weighted by Gasteiger charge is 1.81. The average molecular weight is 125 g/mol. The molecule has 50 valence electrons. The van der Waals surface area contributed by atoms with Gasteiger partial charge in [0.1, 0.15) is 0 Å². The number of carbonyl (C=O) groups is 1. The van der Waals surface area contributed by atoms with Gasteiger partial charge in [-0.2, -0.15) is 0 Å². The molecule has 0 rings (SSSR count). The third kappa shape index (κ3) is 4.81. The smallest absolute Gasteiger partial charge is 0.154 e. The van der Waals surface area contributed by atoms with Crippen molar-refractivity contribution < 1.29 is 4.79 Å². The summed E-state index contributed by atoms with van der Waals surface area (Å²) in [6.07, 6.45) is 4.77. The number of rotatable bonds is 3. The Hall–Kier alpha value is -1.05. The fraction of sp³-hybridized carbons (Fsp3) is 0.286. The molecular weight excluding hydrogens is 114 g/mol. The zero-order valence-electron chi connectivity index (χ0n) is 5.79. The van der Waals surface area contributed by atoms with Crippen LogP contribution in [0.15, 0.2) is 25.1 Å². The molecule has 0 N–H and O–H groups in total. The summed E-state index contributed by atoms with van der Waals surface area (Å²) in [6.45, 7) is 5.01. The Kier molecular flexibility index (Phi) is 3.44. The first kappa shape index (κ1) is 7.95. The van der Waals surface area contributed by atoms with E-state index in [1.165, 1.54) is 13.0 Å². The van der Waals surface area contributed by atoms with Gasteiger partial charge in [0.05, 0.1) is 0 Å². The first-order chi connectivity index (χ1) is 4.16. The minimum Gasteiger partial charge on any atom is -0.358 e. The maximum absolute atomic E-state index is 10.3. The quantitative estimate of drug-likeness (QED) is 0.527. The topological polar surface area (TPSA) is 20.3 Å². The van der Waals surface area contributed by atoms with Crippen LogP contribution in [0.5, 0.6) is 0 Å². The van der Waals surface area contributed by atoms with Crippen molar-refractivity contribution in [2.24, 2.45) is 0 Å². The lowest BCUT2D eigenvalue weighted by molar-refractivity contribution is -0.112. The SMILES string of the molecule is C=CN(C)/C=C\C(C)=O. The molecule has 0 aromatic rings. The van der Waals surface area contributed by atoms with Crippen LogP contribution < -0.4 is 0 Å². The number of hydrogen-bond acceptors (Lipinski definition) is 2. The second-order valence-electron chi connectivity index (χ2n) is 1.77. The van der Waals surface area contributed by atoms with Crippen LogP contribution in [0.25, 0.3) is 0 Å². The summed E-state index contributed by atoms with van der Waals surface area (Å²) in [5.74, 6) is 0.0451. The Labute approximate surface area is 55.5 Å². The highest BCUT2D eigenvalue weighted by molar-refractivity contribution is 5.87. The summed E-state index contributed by atoms with van der Waals surface area (Å²) >= 11 is 0. The molecule has 0 atom stereocenters. The van der Waals surface area contributed by atoms with Crippen molar-refractivity contribution in [3.63, 3.8) is 0 Å². The fourth-order valence-corrected chi connectivity index (χ4v) is 0.283. The number of allylic oxidation sites excluding steroid dienone is 1. The van der Waals surface area contributed by atoms with Crippen LogP contribution in [0.1, 0.15) is 6.92 Å². The Balaban J connectivity index is 3.69. The molecular formula is C7H11NO. The first-order valence-electron chi connectivity index (χ1n) is 2.70. The molecule has 0 unspecified atom stereocenters. The lowest BCUT2D eigenvalue weighted by Gasteiger charge is -2.02. The summed E-state index contributed by atoms with van der Waals surface area (Å²) < 4.78 is 0. The molecule has 2 nitrogen and oxygen atoms in total. The molecule has 0 aromatic heterocycles. The maximum atomic E-state index is 10.3. The number of carbonyl (C=O) groups excluding carboxylic acids is 1. The second kappa shape index (κ2) is 3.89. The van der Waals surface area contributed by atoms with Crippen molar-refractivity contribution in [3.05, 3.63) is 25.1 Å². The normalized spacial score (nSPS) is 9.56. The molecule has 0 bridgehead atoms. The lowest BCUT2D eigenvalue weighted by Crippen LogP contribution is -1.99. The summed E-state index contributed by atoms with van der Waals surface area (Å²) in [5, 5.41) is 0. The van der Waals surface area contributed by atoms with Crippen LogP contribution in [0.4, 0.5) is 0 Å². The Morgan fingerprint density at radius 3 is 2.56 bits per heavy atom. The van der Waals surface area contributed by atoms with Crippen molar-refractivity contribution in [1.29, 1.82) is 0 Å². The predicted molar refractivity (Wildman–Crippen MR) is 37.8 cm³/mol. The number of hydrogen-bond donors (Lipinski definition) is 0. The molecule has 0 radical (unpaired) electrons. The molecule has 0 heterocycles. The molecule has 0 amide bonds. The van der Waals surface area contributed by atoms with Crippen molar-refractivity contribution >= 4 is 5.78 Å².